The minimum atomic E-state index is -0.00571. The van der Waals surface area contributed by atoms with Gasteiger partial charge in [-0.05, 0) is 0 Å². The van der Waals surface area contributed by atoms with Gasteiger partial charge in [-0.3, -0.25) is 0 Å². The summed E-state index contributed by atoms with van der Waals surface area (Å²) in [5.74, 6) is -0.00571. The van der Waals surface area contributed by atoms with Gasteiger partial charge >= 0.3 is 109 Å². The van der Waals surface area contributed by atoms with E-state index in [1.807, 2.05) is 54.6 Å². The normalized spacial score (nSPS) is 9.94. The van der Waals surface area contributed by atoms with E-state index in [0.717, 1.165) is 15.5 Å². The van der Waals surface area contributed by atoms with E-state index in [1.54, 1.807) is 0 Å². The molecule has 0 radical (unpaired) electrons. The van der Waals surface area contributed by atoms with Crippen LogP contribution in [0.4, 0.5) is 0 Å². The van der Waals surface area contributed by atoms with E-state index in [-0.39, 0.29) is 5.91 Å². The fourth-order valence-corrected chi connectivity index (χ4v) is 2.29. The Labute approximate surface area is 110 Å². The van der Waals surface area contributed by atoms with Gasteiger partial charge in [0.15, 0.2) is 0 Å². The average Bonchev–Trinajstić information content (AvgIpc) is 2.38. The summed E-state index contributed by atoms with van der Waals surface area (Å²) in [7, 11) is 0. The van der Waals surface area contributed by atoms with Crippen LogP contribution in [-0.4, -0.2) is 22.8 Å². The first-order valence-corrected chi connectivity index (χ1v) is 6.65. The first-order valence-electron chi connectivity index (χ1n) is 5.44. The van der Waals surface area contributed by atoms with E-state index in [9.17, 15) is 4.79 Å². The maximum absolute atomic E-state index is 11.9. The summed E-state index contributed by atoms with van der Waals surface area (Å²) < 4.78 is 1.06. The molecule has 0 aliphatic heterocycles. The molecule has 0 aromatic heterocycles. The average molecular weight is 287 g/mol. The van der Waals surface area contributed by atoms with Crippen LogP contribution in [0.5, 0.6) is 0 Å². The van der Waals surface area contributed by atoms with Gasteiger partial charge in [-0.25, -0.2) is 0 Å². The van der Waals surface area contributed by atoms with Crippen molar-refractivity contribution in [3.8, 4) is 0 Å². The Balaban J connectivity index is 2.01. The molecule has 0 spiro atoms. The molecule has 2 rings (SSSR count). The third kappa shape index (κ3) is 3.21. The molecule has 0 heterocycles. The van der Waals surface area contributed by atoms with Crippen LogP contribution in [0, 0.1) is 0 Å². The summed E-state index contributed by atoms with van der Waals surface area (Å²) >= 11 is 1.47. The molecule has 3 heteroatoms. The number of carbonyl (C=O) groups is 1. The molecule has 86 valence electrons. The van der Waals surface area contributed by atoms with Crippen molar-refractivity contribution in [1.29, 1.82) is 0 Å². The SMILES string of the molecule is O=C(NCc1ccccc1)c1ccccc1[AsH2]. The summed E-state index contributed by atoms with van der Waals surface area (Å²) in [5, 5.41) is 2.93. The quantitative estimate of drug-likeness (QED) is 0.834. The molecule has 1 amide bonds. The molecule has 1 unspecified atom stereocenters. The maximum atomic E-state index is 11.9. The number of hydrogen-bond acceptors (Lipinski definition) is 1. The second-order valence-electron chi connectivity index (χ2n) is 3.76. The second kappa shape index (κ2) is 5.69. The van der Waals surface area contributed by atoms with Crippen molar-refractivity contribution in [1.82, 2.24) is 5.32 Å². The van der Waals surface area contributed by atoms with E-state index in [1.165, 1.54) is 16.9 Å². The van der Waals surface area contributed by atoms with Crippen LogP contribution in [0.15, 0.2) is 54.6 Å². The summed E-state index contributed by atoms with van der Waals surface area (Å²) in [6.45, 7) is 0.570. The van der Waals surface area contributed by atoms with E-state index in [4.69, 9.17) is 0 Å². The zero-order chi connectivity index (χ0) is 12.1. The van der Waals surface area contributed by atoms with Gasteiger partial charge in [0.2, 0.25) is 0 Å². The molecule has 2 nitrogen and oxygen atoms in total. The van der Waals surface area contributed by atoms with Crippen LogP contribution in [0.25, 0.3) is 0 Å². The first-order chi connectivity index (χ1) is 8.27. The molecule has 0 aliphatic carbocycles. The number of rotatable bonds is 3. The third-order valence-electron chi connectivity index (χ3n) is 2.50. The van der Waals surface area contributed by atoms with Crippen LogP contribution >= 0.6 is 0 Å². The van der Waals surface area contributed by atoms with Crippen molar-refractivity contribution in [2.24, 2.45) is 0 Å². The van der Waals surface area contributed by atoms with Gasteiger partial charge < -0.3 is 0 Å². The summed E-state index contributed by atoms with van der Waals surface area (Å²) in [6.07, 6.45) is 0. The van der Waals surface area contributed by atoms with Crippen molar-refractivity contribution in [2.75, 3.05) is 0 Å². The molecule has 0 saturated carbocycles. The van der Waals surface area contributed by atoms with E-state index < -0.39 is 0 Å². The minimum absolute atomic E-state index is 0.00571. The van der Waals surface area contributed by atoms with E-state index >= 15 is 0 Å². The molecular weight excluding hydrogens is 273 g/mol. The Kier molecular flexibility index (Phi) is 4.00. The monoisotopic (exact) mass is 287 g/mol. The fraction of sp³-hybridized carbons (Fsp3) is 0.0714. The molecule has 1 atom stereocenters. The zero-order valence-electron chi connectivity index (χ0n) is 9.39. The topological polar surface area (TPSA) is 29.1 Å². The number of carbonyl (C=O) groups excluding carboxylic acids is 1. The van der Waals surface area contributed by atoms with Gasteiger partial charge in [0, 0.05) is 0 Å². The van der Waals surface area contributed by atoms with Gasteiger partial charge in [0.1, 0.15) is 0 Å². The van der Waals surface area contributed by atoms with Crippen LogP contribution in [0.1, 0.15) is 15.9 Å². The molecule has 0 saturated heterocycles. The molecule has 0 fully saturated rings. The van der Waals surface area contributed by atoms with Crippen LogP contribution in [0.2, 0.25) is 0 Å². The predicted molar refractivity (Wildman–Crippen MR) is 72.2 cm³/mol. The Bertz CT molecular complexity index is 511. The van der Waals surface area contributed by atoms with Crippen molar-refractivity contribution < 1.29 is 4.79 Å². The summed E-state index contributed by atoms with van der Waals surface area (Å²) in [6, 6.07) is 17.6. The summed E-state index contributed by atoms with van der Waals surface area (Å²) in [5.41, 5.74) is 1.88. The molecule has 1 N–H and O–H groups in total. The predicted octanol–water partition coefficient (Wildman–Crippen LogP) is 0.875. The van der Waals surface area contributed by atoms with Gasteiger partial charge in [0.25, 0.3) is 0 Å². The number of hydrogen-bond donors (Lipinski definition) is 1. The zero-order valence-corrected chi connectivity index (χ0v) is 11.8. The van der Waals surface area contributed by atoms with Crippen LogP contribution < -0.4 is 9.67 Å². The number of benzene rings is 2. The molecular formula is C14H14AsNO. The number of nitrogens with one attached hydrogen (secondary N) is 1. The van der Waals surface area contributed by atoms with Gasteiger partial charge in [-0.15, -0.1) is 0 Å². The Hall–Kier alpha value is -1.53. The number of amides is 1. The van der Waals surface area contributed by atoms with Crippen molar-refractivity contribution in [3.63, 3.8) is 0 Å². The Morgan fingerprint density at radius 1 is 1.00 bits per heavy atom. The summed E-state index contributed by atoms with van der Waals surface area (Å²) in [4.78, 5) is 11.9. The fourth-order valence-electron chi connectivity index (χ4n) is 1.58. The Morgan fingerprint density at radius 3 is 2.35 bits per heavy atom. The van der Waals surface area contributed by atoms with Crippen molar-refractivity contribution >= 4 is 27.1 Å². The standard InChI is InChI=1S/C14H14AsNO/c15-13-9-5-4-8-12(13)14(17)16-10-11-6-2-1-3-7-11/h1-9H,10,15H2,(H,16,17). The van der Waals surface area contributed by atoms with Crippen molar-refractivity contribution in [2.45, 2.75) is 6.54 Å². The first kappa shape index (κ1) is 11.9. The van der Waals surface area contributed by atoms with Crippen LogP contribution in [0.3, 0.4) is 0 Å². The van der Waals surface area contributed by atoms with Crippen LogP contribution in [-0.2, 0) is 6.54 Å². The molecule has 2 aromatic carbocycles. The Morgan fingerprint density at radius 2 is 1.65 bits per heavy atom. The second-order valence-corrected chi connectivity index (χ2v) is 5.06. The molecule has 0 aliphatic rings. The van der Waals surface area contributed by atoms with E-state index in [0.29, 0.717) is 6.54 Å². The van der Waals surface area contributed by atoms with Gasteiger partial charge in [0.05, 0.1) is 0 Å². The third-order valence-corrected chi connectivity index (χ3v) is 3.56. The van der Waals surface area contributed by atoms with E-state index in [2.05, 4.69) is 5.32 Å². The van der Waals surface area contributed by atoms with Gasteiger partial charge in [-0.2, -0.15) is 0 Å². The molecule has 0 bridgehead atoms. The molecule has 17 heavy (non-hydrogen) atoms. The van der Waals surface area contributed by atoms with Crippen molar-refractivity contribution in [3.05, 3.63) is 65.7 Å². The molecule has 2 aromatic rings. The van der Waals surface area contributed by atoms with Gasteiger partial charge in [-0.1, -0.05) is 0 Å².